The van der Waals surface area contributed by atoms with Crippen molar-refractivity contribution in [2.24, 2.45) is 0 Å². The maximum absolute atomic E-state index is 9.63. The van der Waals surface area contributed by atoms with Crippen molar-refractivity contribution in [3.8, 4) is 5.75 Å². The molecule has 1 atom stereocenters. The van der Waals surface area contributed by atoms with Crippen LogP contribution in [-0.4, -0.2) is 10.2 Å². The first-order valence-electron chi connectivity index (χ1n) is 4.41. The first-order valence-corrected chi connectivity index (χ1v) is 4.41. The van der Waals surface area contributed by atoms with E-state index < -0.39 is 6.10 Å². The third-order valence-electron chi connectivity index (χ3n) is 1.99. The summed E-state index contributed by atoms with van der Waals surface area (Å²) in [6.07, 6.45) is 0.973. The van der Waals surface area contributed by atoms with Crippen LogP contribution in [0, 0.1) is 0 Å². The molecule has 3 heteroatoms. The lowest BCUT2D eigenvalue weighted by molar-refractivity contribution is 0.167. The van der Waals surface area contributed by atoms with Gasteiger partial charge in [0.15, 0.2) is 0 Å². The van der Waals surface area contributed by atoms with Crippen molar-refractivity contribution in [1.29, 1.82) is 0 Å². The van der Waals surface area contributed by atoms with Crippen molar-refractivity contribution >= 4 is 5.69 Å². The lowest BCUT2D eigenvalue weighted by atomic mass is 10.0. The van der Waals surface area contributed by atoms with Gasteiger partial charge < -0.3 is 15.9 Å². The van der Waals surface area contributed by atoms with E-state index in [1.54, 1.807) is 6.07 Å². The van der Waals surface area contributed by atoms with Crippen LogP contribution in [0.5, 0.6) is 5.75 Å². The number of phenolic OH excluding ortho intramolecular Hbond substituents is 1. The zero-order chi connectivity index (χ0) is 9.84. The van der Waals surface area contributed by atoms with Crippen LogP contribution in [0.1, 0.15) is 31.4 Å². The van der Waals surface area contributed by atoms with E-state index in [9.17, 15) is 10.2 Å². The summed E-state index contributed by atoms with van der Waals surface area (Å²) in [5.74, 6) is 0.138. The molecule has 0 saturated heterocycles. The minimum Gasteiger partial charge on any atom is -0.508 e. The predicted octanol–water partition coefficient (Wildman–Crippen LogP) is 1.81. The van der Waals surface area contributed by atoms with Gasteiger partial charge in [-0.2, -0.15) is 0 Å². The maximum Gasteiger partial charge on any atom is 0.116 e. The topological polar surface area (TPSA) is 66.5 Å². The average Bonchev–Trinajstić information content (AvgIpc) is 2.09. The molecule has 0 aliphatic heterocycles. The largest absolute Gasteiger partial charge is 0.508 e. The highest BCUT2D eigenvalue weighted by Crippen LogP contribution is 2.27. The number of nitrogens with two attached hydrogens (primary N) is 1. The molecule has 0 amide bonds. The lowest BCUT2D eigenvalue weighted by Gasteiger charge is -2.12. The highest BCUT2D eigenvalue weighted by molar-refractivity contribution is 5.51. The van der Waals surface area contributed by atoms with Crippen molar-refractivity contribution < 1.29 is 10.2 Å². The molecular weight excluding hydrogens is 166 g/mol. The van der Waals surface area contributed by atoms with Crippen LogP contribution in [-0.2, 0) is 0 Å². The molecule has 0 heterocycles. The number of hydrogen-bond acceptors (Lipinski definition) is 3. The number of aromatic hydroxyl groups is 1. The fraction of sp³-hybridized carbons (Fsp3) is 0.400. The van der Waals surface area contributed by atoms with Gasteiger partial charge in [0.2, 0.25) is 0 Å². The summed E-state index contributed by atoms with van der Waals surface area (Å²) in [5, 5.41) is 18.8. The van der Waals surface area contributed by atoms with Gasteiger partial charge in [-0.1, -0.05) is 13.3 Å². The van der Waals surface area contributed by atoms with E-state index in [-0.39, 0.29) is 5.75 Å². The predicted molar refractivity (Wildman–Crippen MR) is 52.4 cm³/mol. The molecule has 1 aromatic rings. The van der Waals surface area contributed by atoms with Crippen molar-refractivity contribution in [3.63, 3.8) is 0 Å². The molecule has 72 valence electrons. The van der Waals surface area contributed by atoms with Crippen LogP contribution in [0.25, 0.3) is 0 Å². The van der Waals surface area contributed by atoms with E-state index in [2.05, 4.69) is 0 Å². The van der Waals surface area contributed by atoms with Crippen LogP contribution >= 0.6 is 0 Å². The van der Waals surface area contributed by atoms with Gasteiger partial charge in [0.1, 0.15) is 5.75 Å². The van der Waals surface area contributed by atoms with Crippen molar-refractivity contribution in [2.45, 2.75) is 25.9 Å². The molecule has 1 rings (SSSR count). The van der Waals surface area contributed by atoms with Gasteiger partial charge in [-0.05, 0) is 24.6 Å². The van der Waals surface area contributed by atoms with Gasteiger partial charge >= 0.3 is 0 Å². The van der Waals surface area contributed by atoms with Crippen LogP contribution in [0.3, 0.4) is 0 Å². The van der Waals surface area contributed by atoms with E-state index in [1.807, 2.05) is 6.92 Å². The SMILES string of the molecule is CCCC(O)c1cc(O)ccc1N. The molecule has 0 radical (unpaired) electrons. The van der Waals surface area contributed by atoms with Crippen molar-refractivity contribution in [3.05, 3.63) is 23.8 Å². The van der Waals surface area contributed by atoms with E-state index >= 15 is 0 Å². The molecule has 0 aliphatic rings. The summed E-state index contributed by atoms with van der Waals surface area (Å²) < 4.78 is 0. The number of rotatable bonds is 3. The normalized spacial score (nSPS) is 12.8. The standard InChI is InChI=1S/C10H15NO2/c1-2-3-10(13)8-6-7(12)4-5-9(8)11/h4-6,10,12-13H,2-3,11H2,1H3. The van der Waals surface area contributed by atoms with Gasteiger partial charge in [-0.25, -0.2) is 0 Å². The minimum atomic E-state index is -0.572. The van der Waals surface area contributed by atoms with Crippen LogP contribution in [0.2, 0.25) is 0 Å². The quantitative estimate of drug-likeness (QED) is 0.492. The van der Waals surface area contributed by atoms with Gasteiger partial charge in [0, 0.05) is 11.3 Å². The molecular formula is C10H15NO2. The molecule has 3 nitrogen and oxygen atoms in total. The molecule has 13 heavy (non-hydrogen) atoms. The number of nitrogen functional groups attached to an aromatic ring is 1. The summed E-state index contributed by atoms with van der Waals surface area (Å²) in [6.45, 7) is 1.99. The second kappa shape index (κ2) is 4.14. The summed E-state index contributed by atoms with van der Waals surface area (Å²) in [7, 11) is 0. The van der Waals surface area contributed by atoms with Gasteiger partial charge in [0.25, 0.3) is 0 Å². The Balaban J connectivity index is 2.91. The van der Waals surface area contributed by atoms with Crippen LogP contribution in [0.15, 0.2) is 18.2 Å². The molecule has 0 aromatic heterocycles. The van der Waals surface area contributed by atoms with Crippen LogP contribution < -0.4 is 5.73 Å². The van der Waals surface area contributed by atoms with Crippen molar-refractivity contribution in [2.75, 3.05) is 5.73 Å². The second-order valence-electron chi connectivity index (χ2n) is 3.12. The Morgan fingerprint density at radius 3 is 2.77 bits per heavy atom. The Morgan fingerprint density at radius 1 is 1.46 bits per heavy atom. The highest BCUT2D eigenvalue weighted by atomic mass is 16.3. The van der Waals surface area contributed by atoms with E-state index in [0.717, 1.165) is 6.42 Å². The van der Waals surface area contributed by atoms with Crippen molar-refractivity contribution in [1.82, 2.24) is 0 Å². The number of hydrogen-bond donors (Lipinski definition) is 3. The van der Waals surface area contributed by atoms with Gasteiger partial charge in [-0.3, -0.25) is 0 Å². The molecule has 0 spiro atoms. The van der Waals surface area contributed by atoms with Gasteiger partial charge in [0.05, 0.1) is 6.10 Å². The Morgan fingerprint density at radius 2 is 2.15 bits per heavy atom. The van der Waals surface area contributed by atoms with E-state index in [4.69, 9.17) is 5.73 Å². The Kier molecular flexibility index (Phi) is 3.14. The first-order chi connectivity index (χ1) is 6.15. The molecule has 1 unspecified atom stereocenters. The lowest BCUT2D eigenvalue weighted by Crippen LogP contribution is -2.01. The monoisotopic (exact) mass is 181 g/mol. The molecule has 0 bridgehead atoms. The third kappa shape index (κ3) is 2.36. The Bertz CT molecular complexity index is 286. The molecule has 0 fully saturated rings. The first kappa shape index (κ1) is 9.86. The highest BCUT2D eigenvalue weighted by Gasteiger charge is 2.10. The molecule has 1 aromatic carbocycles. The summed E-state index contributed by atoms with van der Waals surface area (Å²) in [5.41, 5.74) is 6.79. The Labute approximate surface area is 77.8 Å². The third-order valence-corrected chi connectivity index (χ3v) is 1.99. The number of aliphatic hydroxyl groups is 1. The van der Waals surface area contributed by atoms with Gasteiger partial charge in [-0.15, -0.1) is 0 Å². The van der Waals surface area contributed by atoms with E-state index in [1.165, 1.54) is 12.1 Å². The summed E-state index contributed by atoms with van der Waals surface area (Å²) >= 11 is 0. The number of anilines is 1. The second-order valence-corrected chi connectivity index (χ2v) is 3.12. The zero-order valence-corrected chi connectivity index (χ0v) is 7.70. The van der Waals surface area contributed by atoms with Crippen LogP contribution in [0.4, 0.5) is 5.69 Å². The molecule has 4 N–H and O–H groups in total. The Hall–Kier alpha value is -1.22. The number of aliphatic hydroxyl groups excluding tert-OH is 1. The summed E-state index contributed by atoms with van der Waals surface area (Å²) in [6, 6.07) is 4.62. The molecule has 0 saturated carbocycles. The maximum atomic E-state index is 9.63. The zero-order valence-electron chi connectivity index (χ0n) is 7.70. The van der Waals surface area contributed by atoms with E-state index in [0.29, 0.717) is 17.7 Å². The molecule has 0 aliphatic carbocycles. The fourth-order valence-corrected chi connectivity index (χ4v) is 1.28. The number of phenols is 1. The smallest absolute Gasteiger partial charge is 0.116 e. The number of benzene rings is 1. The summed E-state index contributed by atoms with van der Waals surface area (Å²) in [4.78, 5) is 0. The average molecular weight is 181 g/mol. The fourth-order valence-electron chi connectivity index (χ4n) is 1.28. The minimum absolute atomic E-state index is 0.138.